The zero-order valence-electron chi connectivity index (χ0n) is 9.40. The van der Waals surface area contributed by atoms with E-state index in [2.05, 4.69) is 4.74 Å². The van der Waals surface area contributed by atoms with Gasteiger partial charge < -0.3 is 9.15 Å². The monoisotopic (exact) mass is 224 g/mol. The van der Waals surface area contributed by atoms with Crippen molar-refractivity contribution < 1.29 is 18.7 Å². The maximum Gasteiger partial charge on any atom is 0.305 e. The number of methoxy groups -OCH3 is 1. The van der Waals surface area contributed by atoms with Crippen LogP contribution < -0.4 is 0 Å². The molecule has 0 N–H and O–H groups in total. The van der Waals surface area contributed by atoms with Crippen molar-refractivity contribution in [2.75, 3.05) is 7.11 Å². The molecule has 0 aromatic carbocycles. The number of rotatable bonds is 7. The molecule has 4 nitrogen and oxygen atoms in total. The van der Waals surface area contributed by atoms with Gasteiger partial charge in [0.2, 0.25) is 0 Å². The van der Waals surface area contributed by atoms with E-state index in [0.29, 0.717) is 18.6 Å². The number of esters is 1. The van der Waals surface area contributed by atoms with E-state index in [1.165, 1.54) is 13.4 Å². The molecule has 0 atom stereocenters. The Morgan fingerprint density at radius 3 is 2.62 bits per heavy atom. The summed E-state index contributed by atoms with van der Waals surface area (Å²) in [5, 5.41) is 0. The van der Waals surface area contributed by atoms with Gasteiger partial charge in [0.25, 0.3) is 0 Å². The summed E-state index contributed by atoms with van der Waals surface area (Å²) in [6.07, 6.45) is 4.76. The lowest BCUT2D eigenvalue weighted by atomic mass is 10.1. The Balaban J connectivity index is 2.08. The summed E-state index contributed by atoms with van der Waals surface area (Å²) in [7, 11) is 1.38. The van der Waals surface area contributed by atoms with Crippen molar-refractivity contribution in [3.63, 3.8) is 0 Å². The van der Waals surface area contributed by atoms with Gasteiger partial charge >= 0.3 is 5.97 Å². The lowest BCUT2D eigenvalue weighted by Gasteiger charge is -1.99. The van der Waals surface area contributed by atoms with Crippen LogP contribution in [0.25, 0.3) is 0 Å². The van der Waals surface area contributed by atoms with E-state index >= 15 is 0 Å². The standard InChI is InChI=1S/C12H16O4/c1-15-12(14)8-4-2-3-6-10(13)11-7-5-9-16-11/h5,7,9H,2-4,6,8H2,1H3. The molecule has 0 bridgehead atoms. The molecule has 1 rings (SSSR count). The molecule has 0 amide bonds. The van der Waals surface area contributed by atoms with Crippen LogP contribution in [0.1, 0.15) is 42.7 Å². The summed E-state index contributed by atoms with van der Waals surface area (Å²) < 4.78 is 9.50. The van der Waals surface area contributed by atoms with E-state index in [-0.39, 0.29) is 11.8 Å². The molecule has 0 aliphatic carbocycles. The number of furan rings is 1. The van der Waals surface area contributed by atoms with E-state index in [0.717, 1.165) is 19.3 Å². The Kier molecular flexibility index (Phi) is 5.32. The molecule has 4 heteroatoms. The van der Waals surface area contributed by atoms with Crippen molar-refractivity contribution in [3.8, 4) is 0 Å². The highest BCUT2D eigenvalue weighted by Gasteiger charge is 2.08. The molecule has 0 radical (unpaired) electrons. The van der Waals surface area contributed by atoms with Gasteiger partial charge in [-0.3, -0.25) is 9.59 Å². The number of hydrogen-bond acceptors (Lipinski definition) is 4. The van der Waals surface area contributed by atoms with Crippen LogP contribution in [0.3, 0.4) is 0 Å². The first-order valence-corrected chi connectivity index (χ1v) is 5.37. The van der Waals surface area contributed by atoms with Gasteiger partial charge in [-0.25, -0.2) is 0 Å². The number of ether oxygens (including phenoxy) is 1. The Morgan fingerprint density at radius 2 is 2.00 bits per heavy atom. The summed E-state index contributed by atoms with van der Waals surface area (Å²) in [5.74, 6) is 0.230. The van der Waals surface area contributed by atoms with Gasteiger partial charge in [-0.15, -0.1) is 0 Å². The summed E-state index contributed by atoms with van der Waals surface area (Å²) >= 11 is 0. The van der Waals surface area contributed by atoms with Crippen molar-refractivity contribution in [3.05, 3.63) is 24.2 Å². The van der Waals surface area contributed by atoms with Crippen molar-refractivity contribution >= 4 is 11.8 Å². The van der Waals surface area contributed by atoms with Crippen LogP contribution in [0.5, 0.6) is 0 Å². The first-order valence-electron chi connectivity index (χ1n) is 5.37. The maximum absolute atomic E-state index is 11.5. The quantitative estimate of drug-likeness (QED) is 0.406. The Hall–Kier alpha value is -1.58. The third kappa shape index (κ3) is 4.29. The summed E-state index contributed by atoms with van der Waals surface area (Å²) in [6, 6.07) is 3.36. The predicted octanol–water partition coefficient (Wildman–Crippen LogP) is 2.59. The van der Waals surface area contributed by atoms with Crippen molar-refractivity contribution in [2.24, 2.45) is 0 Å². The molecule has 1 heterocycles. The Labute approximate surface area is 94.6 Å². The fourth-order valence-corrected chi connectivity index (χ4v) is 1.39. The van der Waals surface area contributed by atoms with Crippen LogP contribution in [-0.4, -0.2) is 18.9 Å². The van der Waals surface area contributed by atoms with Crippen molar-refractivity contribution in [2.45, 2.75) is 32.1 Å². The van der Waals surface area contributed by atoms with Gasteiger partial charge in [-0.2, -0.15) is 0 Å². The third-order valence-corrected chi connectivity index (χ3v) is 2.31. The topological polar surface area (TPSA) is 56.5 Å². The van der Waals surface area contributed by atoms with Crippen molar-refractivity contribution in [1.29, 1.82) is 0 Å². The van der Waals surface area contributed by atoms with Crippen LogP contribution in [0.2, 0.25) is 0 Å². The number of carbonyl (C=O) groups is 2. The average Bonchev–Trinajstić information content (AvgIpc) is 2.81. The Bertz CT molecular complexity index is 327. The van der Waals surface area contributed by atoms with E-state index in [1.54, 1.807) is 12.1 Å². The molecule has 0 unspecified atom stereocenters. The molecule has 88 valence electrons. The second-order valence-corrected chi connectivity index (χ2v) is 3.54. The summed E-state index contributed by atoms with van der Waals surface area (Å²) in [4.78, 5) is 22.3. The van der Waals surface area contributed by atoms with Gasteiger partial charge in [0.05, 0.1) is 13.4 Å². The van der Waals surface area contributed by atoms with E-state index < -0.39 is 0 Å². The zero-order chi connectivity index (χ0) is 11.8. The molecule has 0 fully saturated rings. The van der Waals surface area contributed by atoms with Crippen LogP contribution in [0.15, 0.2) is 22.8 Å². The predicted molar refractivity (Wildman–Crippen MR) is 58.1 cm³/mol. The van der Waals surface area contributed by atoms with Crippen LogP contribution in [-0.2, 0) is 9.53 Å². The summed E-state index contributed by atoms with van der Waals surface area (Å²) in [6.45, 7) is 0. The molecule has 1 aromatic rings. The minimum Gasteiger partial charge on any atom is -0.469 e. The number of Topliss-reactive ketones (excluding diaryl/α,β-unsaturated/α-hetero) is 1. The second-order valence-electron chi connectivity index (χ2n) is 3.54. The fourth-order valence-electron chi connectivity index (χ4n) is 1.39. The zero-order valence-corrected chi connectivity index (χ0v) is 9.40. The first-order chi connectivity index (χ1) is 7.74. The smallest absolute Gasteiger partial charge is 0.305 e. The molecule has 0 aliphatic heterocycles. The van der Waals surface area contributed by atoms with E-state index in [1.807, 2.05) is 0 Å². The minimum absolute atomic E-state index is 0.0167. The first kappa shape index (κ1) is 12.5. The molecule has 0 spiro atoms. The molecule has 0 aliphatic rings. The number of ketones is 1. The van der Waals surface area contributed by atoms with Gasteiger partial charge in [0.15, 0.2) is 11.5 Å². The fraction of sp³-hybridized carbons (Fsp3) is 0.500. The van der Waals surface area contributed by atoms with E-state index in [9.17, 15) is 9.59 Å². The van der Waals surface area contributed by atoms with Crippen molar-refractivity contribution in [1.82, 2.24) is 0 Å². The lowest BCUT2D eigenvalue weighted by molar-refractivity contribution is -0.140. The third-order valence-electron chi connectivity index (χ3n) is 2.31. The number of hydrogen-bond donors (Lipinski definition) is 0. The van der Waals surface area contributed by atoms with Crippen LogP contribution >= 0.6 is 0 Å². The maximum atomic E-state index is 11.5. The van der Waals surface area contributed by atoms with E-state index in [4.69, 9.17) is 4.42 Å². The highest BCUT2D eigenvalue weighted by Crippen LogP contribution is 2.09. The molecule has 0 saturated heterocycles. The van der Waals surface area contributed by atoms with Gasteiger partial charge in [0.1, 0.15) is 0 Å². The largest absolute Gasteiger partial charge is 0.469 e. The molecule has 16 heavy (non-hydrogen) atoms. The van der Waals surface area contributed by atoms with Crippen LogP contribution in [0.4, 0.5) is 0 Å². The van der Waals surface area contributed by atoms with Gasteiger partial charge in [0, 0.05) is 12.8 Å². The highest BCUT2D eigenvalue weighted by molar-refractivity contribution is 5.93. The average molecular weight is 224 g/mol. The number of unbranched alkanes of at least 4 members (excludes halogenated alkanes) is 2. The van der Waals surface area contributed by atoms with Gasteiger partial charge in [-0.1, -0.05) is 6.42 Å². The highest BCUT2D eigenvalue weighted by atomic mass is 16.5. The second kappa shape index (κ2) is 6.82. The molecule has 1 aromatic heterocycles. The van der Waals surface area contributed by atoms with Gasteiger partial charge in [-0.05, 0) is 25.0 Å². The lowest BCUT2D eigenvalue weighted by Crippen LogP contribution is -2.00. The van der Waals surface area contributed by atoms with Crippen LogP contribution in [0, 0.1) is 0 Å². The minimum atomic E-state index is -0.197. The summed E-state index contributed by atoms with van der Waals surface area (Å²) in [5.41, 5.74) is 0. The Morgan fingerprint density at radius 1 is 1.25 bits per heavy atom. The normalized spacial score (nSPS) is 10.1. The molecular weight excluding hydrogens is 208 g/mol. The SMILES string of the molecule is COC(=O)CCCCCC(=O)c1ccco1. The molecule has 0 saturated carbocycles. The number of carbonyl (C=O) groups excluding carboxylic acids is 2. The molecular formula is C12H16O4.